The fraction of sp³-hybridized carbons (Fsp3) is 0.833. The Morgan fingerprint density at radius 3 is 1.00 bits per heavy atom. The highest BCUT2D eigenvalue weighted by atomic mass is 14.1. The minimum absolute atomic E-state index is 0.714. The molecule has 0 aromatic heterocycles. The number of rotatable bonds is 4. The van der Waals surface area contributed by atoms with Crippen LogP contribution in [-0.2, 0) is 0 Å². The van der Waals surface area contributed by atoms with Crippen LogP contribution in [0.25, 0.3) is 0 Å². The average Bonchev–Trinajstić information content (AvgIpc) is 1.98. The van der Waals surface area contributed by atoms with Crippen molar-refractivity contribution >= 4 is 0 Å². The second-order valence-corrected chi connectivity index (χ2v) is 4.59. The zero-order chi connectivity index (χ0) is 9.72. The van der Waals surface area contributed by atoms with E-state index in [0.29, 0.717) is 11.8 Å². The first kappa shape index (κ1) is 11.7. The lowest BCUT2D eigenvalue weighted by atomic mass is 9.92. The van der Waals surface area contributed by atoms with E-state index in [2.05, 4.69) is 53.7 Å². The Balaban J connectivity index is 3.89. The minimum atomic E-state index is 0.714. The summed E-state index contributed by atoms with van der Waals surface area (Å²) in [5.74, 6) is 2.96. The zero-order valence-electron chi connectivity index (χ0n) is 9.46. The first-order valence-electron chi connectivity index (χ1n) is 5.13. The lowest BCUT2D eigenvalue weighted by Gasteiger charge is -2.13. The Labute approximate surface area is 78.1 Å². The highest BCUT2D eigenvalue weighted by molar-refractivity contribution is 4.91. The minimum Gasteiger partial charge on any atom is -0.0852 e. The molecule has 0 aliphatic heterocycles. The standard InChI is InChI=1S/C12H24/c1-9(2)11(5)7-8-12(6)10(3)4/h7-12H,1-6H3/b8-7+/t11-,12+. The van der Waals surface area contributed by atoms with Gasteiger partial charge in [0.05, 0.1) is 0 Å². The Hall–Kier alpha value is -0.260. The third-order valence-corrected chi connectivity index (χ3v) is 2.82. The van der Waals surface area contributed by atoms with E-state index in [-0.39, 0.29) is 0 Å². The molecule has 0 N–H and O–H groups in total. The molecule has 0 spiro atoms. The summed E-state index contributed by atoms with van der Waals surface area (Å²) >= 11 is 0. The quantitative estimate of drug-likeness (QED) is 0.554. The van der Waals surface area contributed by atoms with Crippen LogP contribution < -0.4 is 0 Å². The van der Waals surface area contributed by atoms with Crippen LogP contribution in [-0.4, -0.2) is 0 Å². The van der Waals surface area contributed by atoms with Gasteiger partial charge in [-0.3, -0.25) is 0 Å². The molecule has 0 bridgehead atoms. The summed E-state index contributed by atoms with van der Waals surface area (Å²) in [5, 5.41) is 0. The molecule has 2 atom stereocenters. The molecule has 0 heteroatoms. The topological polar surface area (TPSA) is 0 Å². The monoisotopic (exact) mass is 168 g/mol. The molecule has 0 heterocycles. The third kappa shape index (κ3) is 4.58. The molecule has 0 saturated heterocycles. The zero-order valence-corrected chi connectivity index (χ0v) is 9.46. The van der Waals surface area contributed by atoms with Crippen LogP contribution in [0.2, 0.25) is 0 Å². The van der Waals surface area contributed by atoms with Crippen LogP contribution >= 0.6 is 0 Å². The van der Waals surface area contributed by atoms with Gasteiger partial charge in [0.2, 0.25) is 0 Å². The Morgan fingerprint density at radius 1 is 0.583 bits per heavy atom. The van der Waals surface area contributed by atoms with E-state index >= 15 is 0 Å². The van der Waals surface area contributed by atoms with Gasteiger partial charge in [-0.25, -0.2) is 0 Å². The van der Waals surface area contributed by atoms with E-state index in [1.54, 1.807) is 0 Å². The Morgan fingerprint density at radius 2 is 0.833 bits per heavy atom. The highest BCUT2D eigenvalue weighted by Crippen LogP contribution is 2.16. The van der Waals surface area contributed by atoms with Crippen LogP contribution in [0.3, 0.4) is 0 Å². The van der Waals surface area contributed by atoms with Gasteiger partial charge in [-0.1, -0.05) is 53.7 Å². The van der Waals surface area contributed by atoms with Gasteiger partial charge < -0.3 is 0 Å². The number of hydrogen-bond acceptors (Lipinski definition) is 0. The van der Waals surface area contributed by atoms with Crippen molar-refractivity contribution in [2.75, 3.05) is 0 Å². The van der Waals surface area contributed by atoms with E-state index in [1.807, 2.05) is 0 Å². The molecular formula is C12H24. The van der Waals surface area contributed by atoms with E-state index in [0.717, 1.165) is 11.8 Å². The maximum atomic E-state index is 2.36. The summed E-state index contributed by atoms with van der Waals surface area (Å²) in [4.78, 5) is 0. The van der Waals surface area contributed by atoms with Crippen LogP contribution in [0.15, 0.2) is 12.2 Å². The lowest BCUT2D eigenvalue weighted by molar-refractivity contribution is 0.478. The normalized spacial score (nSPS) is 17.7. The van der Waals surface area contributed by atoms with Crippen LogP contribution in [0, 0.1) is 23.7 Å². The summed E-state index contributed by atoms with van der Waals surface area (Å²) in [6.07, 6.45) is 4.71. The van der Waals surface area contributed by atoms with Crippen LogP contribution in [0.4, 0.5) is 0 Å². The highest BCUT2D eigenvalue weighted by Gasteiger charge is 2.05. The third-order valence-electron chi connectivity index (χ3n) is 2.82. The van der Waals surface area contributed by atoms with Crippen LogP contribution in [0.1, 0.15) is 41.5 Å². The van der Waals surface area contributed by atoms with Crippen molar-refractivity contribution in [1.82, 2.24) is 0 Å². The summed E-state index contributed by atoms with van der Waals surface area (Å²) in [6.45, 7) is 13.7. The molecule has 0 rings (SSSR count). The Kier molecular flexibility index (Phi) is 5.28. The van der Waals surface area contributed by atoms with Crippen molar-refractivity contribution in [2.24, 2.45) is 23.7 Å². The van der Waals surface area contributed by atoms with E-state index < -0.39 is 0 Å². The first-order valence-corrected chi connectivity index (χ1v) is 5.13. The predicted molar refractivity (Wildman–Crippen MR) is 57.1 cm³/mol. The second-order valence-electron chi connectivity index (χ2n) is 4.59. The van der Waals surface area contributed by atoms with Gasteiger partial charge in [0.15, 0.2) is 0 Å². The van der Waals surface area contributed by atoms with Crippen LogP contribution in [0.5, 0.6) is 0 Å². The van der Waals surface area contributed by atoms with Crippen molar-refractivity contribution in [3.63, 3.8) is 0 Å². The van der Waals surface area contributed by atoms with Crippen molar-refractivity contribution in [2.45, 2.75) is 41.5 Å². The predicted octanol–water partition coefficient (Wildman–Crippen LogP) is 4.13. The van der Waals surface area contributed by atoms with Gasteiger partial charge in [-0.05, 0) is 23.7 Å². The Bertz CT molecular complexity index is 115. The molecule has 0 aromatic carbocycles. The maximum Gasteiger partial charge on any atom is -0.0239 e. The molecule has 0 saturated carbocycles. The fourth-order valence-corrected chi connectivity index (χ4v) is 0.795. The molecule has 0 unspecified atom stereocenters. The van der Waals surface area contributed by atoms with Crippen molar-refractivity contribution in [3.8, 4) is 0 Å². The summed E-state index contributed by atoms with van der Waals surface area (Å²) in [7, 11) is 0. The van der Waals surface area contributed by atoms with E-state index in [1.165, 1.54) is 0 Å². The molecule has 0 aliphatic rings. The molecule has 0 nitrogen and oxygen atoms in total. The maximum absolute atomic E-state index is 2.36. The lowest BCUT2D eigenvalue weighted by Crippen LogP contribution is -2.03. The molecule has 0 radical (unpaired) electrons. The van der Waals surface area contributed by atoms with Crippen molar-refractivity contribution in [3.05, 3.63) is 12.2 Å². The first-order chi connectivity index (χ1) is 5.45. The number of allylic oxidation sites excluding steroid dienone is 2. The SMILES string of the molecule is CC(C)[C@H](C)/C=C/[C@H](C)C(C)C. The van der Waals surface area contributed by atoms with Gasteiger partial charge in [0.1, 0.15) is 0 Å². The number of hydrogen-bond donors (Lipinski definition) is 0. The average molecular weight is 168 g/mol. The van der Waals surface area contributed by atoms with E-state index in [4.69, 9.17) is 0 Å². The van der Waals surface area contributed by atoms with Gasteiger partial charge >= 0.3 is 0 Å². The van der Waals surface area contributed by atoms with Crippen molar-refractivity contribution < 1.29 is 0 Å². The second kappa shape index (κ2) is 5.40. The molecule has 72 valence electrons. The largest absolute Gasteiger partial charge is 0.0852 e. The van der Waals surface area contributed by atoms with Crippen molar-refractivity contribution in [1.29, 1.82) is 0 Å². The van der Waals surface area contributed by atoms with Gasteiger partial charge in [-0.2, -0.15) is 0 Å². The molecular weight excluding hydrogens is 144 g/mol. The molecule has 0 amide bonds. The molecule has 0 aliphatic carbocycles. The smallest absolute Gasteiger partial charge is 0.0239 e. The summed E-state index contributed by atoms with van der Waals surface area (Å²) in [6, 6.07) is 0. The molecule has 12 heavy (non-hydrogen) atoms. The van der Waals surface area contributed by atoms with Gasteiger partial charge in [-0.15, -0.1) is 0 Å². The molecule has 0 aromatic rings. The van der Waals surface area contributed by atoms with Gasteiger partial charge in [0, 0.05) is 0 Å². The summed E-state index contributed by atoms with van der Waals surface area (Å²) in [5.41, 5.74) is 0. The fourth-order valence-electron chi connectivity index (χ4n) is 0.795. The van der Waals surface area contributed by atoms with E-state index in [9.17, 15) is 0 Å². The van der Waals surface area contributed by atoms with Gasteiger partial charge in [0.25, 0.3) is 0 Å². The molecule has 0 fully saturated rings. The summed E-state index contributed by atoms with van der Waals surface area (Å²) < 4.78 is 0.